The fourth-order valence-corrected chi connectivity index (χ4v) is 2.58. The Balaban J connectivity index is 1.82. The van der Waals surface area contributed by atoms with E-state index in [4.69, 9.17) is 11.6 Å². The molecule has 1 fully saturated rings. The zero-order chi connectivity index (χ0) is 14.6. The lowest BCUT2D eigenvalue weighted by molar-refractivity contribution is -0.174. The van der Waals surface area contributed by atoms with Gasteiger partial charge in [0, 0.05) is 30.1 Å². The van der Waals surface area contributed by atoms with Crippen LogP contribution in [0.25, 0.3) is 0 Å². The second-order valence-corrected chi connectivity index (χ2v) is 5.60. The number of halogens is 4. The van der Waals surface area contributed by atoms with Gasteiger partial charge in [0.1, 0.15) is 6.61 Å². The molecule has 20 heavy (non-hydrogen) atoms. The molecule has 2 nitrogen and oxygen atoms in total. The summed E-state index contributed by atoms with van der Waals surface area (Å²) in [5, 5.41) is 3.91. The molecule has 6 heteroatoms. The van der Waals surface area contributed by atoms with E-state index in [0.29, 0.717) is 11.4 Å². The summed E-state index contributed by atoms with van der Waals surface area (Å²) in [4.78, 5) is 0. The van der Waals surface area contributed by atoms with Gasteiger partial charge < -0.3 is 10.1 Å². The van der Waals surface area contributed by atoms with Crippen molar-refractivity contribution in [3.63, 3.8) is 0 Å². The fraction of sp³-hybridized carbons (Fsp3) is 0.571. The molecule has 1 aromatic carbocycles. The minimum atomic E-state index is -4.24. The maximum Gasteiger partial charge on any atom is 0.411 e. The van der Waals surface area contributed by atoms with Crippen molar-refractivity contribution < 1.29 is 17.9 Å². The molecular formula is C14H17ClF3NO. The quantitative estimate of drug-likeness (QED) is 0.812. The van der Waals surface area contributed by atoms with Crippen LogP contribution >= 0.6 is 11.6 Å². The van der Waals surface area contributed by atoms with Crippen molar-refractivity contribution in [2.24, 2.45) is 0 Å². The van der Waals surface area contributed by atoms with E-state index in [1.54, 1.807) is 0 Å². The minimum absolute atomic E-state index is 0.00613. The lowest BCUT2D eigenvalue weighted by Gasteiger charge is -2.43. The van der Waals surface area contributed by atoms with Gasteiger partial charge in [0.2, 0.25) is 0 Å². The van der Waals surface area contributed by atoms with Crippen LogP contribution in [0.5, 0.6) is 0 Å². The Labute approximate surface area is 121 Å². The van der Waals surface area contributed by atoms with E-state index in [1.807, 2.05) is 24.3 Å². The molecule has 0 aromatic heterocycles. The number of alkyl halides is 3. The number of hydrogen-bond acceptors (Lipinski definition) is 2. The van der Waals surface area contributed by atoms with Gasteiger partial charge in [-0.25, -0.2) is 0 Å². The predicted molar refractivity (Wildman–Crippen MR) is 72.1 cm³/mol. The van der Waals surface area contributed by atoms with Crippen LogP contribution in [-0.4, -0.2) is 32.5 Å². The molecule has 0 aliphatic carbocycles. The summed E-state index contributed by atoms with van der Waals surface area (Å²) < 4.78 is 40.5. The smallest absolute Gasteiger partial charge is 0.372 e. The van der Waals surface area contributed by atoms with Gasteiger partial charge in [0.25, 0.3) is 0 Å². The highest BCUT2D eigenvalue weighted by atomic mass is 35.5. The first-order chi connectivity index (χ1) is 9.41. The first-order valence-electron chi connectivity index (χ1n) is 6.53. The summed E-state index contributed by atoms with van der Waals surface area (Å²) in [6.45, 7) is 0.649. The molecule has 0 spiro atoms. The van der Waals surface area contributed by atoms with E-state index in [2.05, 4.69) is 10.1 Å². The van der Waals surface area contributed by atoms with Crippen LogP contribution in [0, 0.1) is 0 Å². The molecule has 0 radical (unpaired) electrons. The molecule has 1 heterocycles. The number of nitrogens with one attached hydrogen (secondary N) is 1. The SMILES string of the molecule is FC(F)(F)COCCCC1(c2ccc(Cl)cc2)CNC1. The molecule has 1 aliphatic rings. The van der Waals surface area contributed by atoms with Crippen molar-refractivity contribution in [1.82, 2.24) is 5.32 Å². The van der Waals surface area contributed by atoms with Gasteiger partial charge in [-0.1, -0.05) is 23.7 Å². The molecule has 1 aromatic rings. The van der Waals surface area contributed by atoms with E-state index in [0.717, 1.165) is 19.5 Å². The van der Waals surface area contributed by atoms with E-state index in [9.17, 15) is 13.2 Å². The molecule has 0 bridgehead atoms. The monoisotopic (exact) mass is 307 g/mol. The van der Waals surface area contributed by atoms with Crippen LogP contribution in [-0.2, 0) is 10.2 Å². The van der Waals surface area contributed by atoms with E-state index in [-0.39, 0.29) is 12.0 Å². The Morgan fingerprint density at radius 2 is 1.85 bits per heavy atom. The highest BCUT2D eigenvalue weighted by Gasteiger charge is 2.38. The fourth-order valence-electron chi connectivity index (χ4n) is 2.46. The summed E-state index contributed by atoms with van der Waals surface area (Å²) in [7, 11) is 0. The van der Waals surface area contributed by atoms with Crippen molar-refractivity contribution in [2.75, 3.05) is 26.3 Å². The van der Waals surface area contributed by atoms with Crippen molar-refractivity contribution >= 4 is 11.6 Å². The van der Waals surface area contributed by atoms with Crippen LogP contribution in [0.3, 0.4) is 0 Å². The highest BCUT2D eigenvalue weighted by Crippen LogP contribution is 2.34. The van der Waals surface area contributed by atoms with Gasteiger partial charge in [-0.2, -0.15) is 13.2 Å². The molecule has 112 valence electrons. The summed E-state index contributed by atoms with van der Waals surface area (Å²) in [5.74, 6) is 0. The van der Waals surface area contributed by atoms with Gasteiger partial charge in [-0.3, -0.25) is 0 Å². The van der Waals surface area contributed by atoms with Crippen molar-refractivity contribution in [3.05, 3.63) is 34.9 Å². The molecular weight excluding hydrogens is 291 g/mol. The molecule has 2 rings (SSSR count). The molecule has 0 unspecified atom stereocenters. The lowest BCUT2D eigenvalue weighted by Crippen LogP contribution is -2.56. The number of ether oxygens (including phenoxy) is 1. The largest absolute Gasteiger partial charge is 0.411 e. The molecule has 0 amide bonds. The maximum atomic E-state index is 11.9. The van der Waals surface area contributed by atoms with Crippen molar-refractivity contribution in [3.8, 4) is 0 Å². The third-order valence-corrected chi connectivity index (χ3v) is 3.85. The van der Waals surface area contributed by atoms with Gasteiger partial charge in [0.05, 0.1) is 0 Å². The molecule has 0 saturated carbocycles. The van der Waals surface area contributed by atoms with Crippen molar-refractivity contribution in [1.29, 1.82) is 0 Å². The summed E-state index contributed by atoms with van der Waals surface area (Å²) in [5.41, 5.74) is 1.18. The van der Waals surface area contributed by atoms with E-state index in [1.165, 1.54) is 5.56 Å². The third-order valence-electron chi connectivity index (χ3n) is 3.59. The van der Waals surface area contributed by atoms with Crippen molar-refractivity contribution in [2.45, 2.75) is 24.4 Å². The highest BCUT2D eigenvalue weighted by molar-refractivity contribution is 6.30. The van der Waals surface area contributed by atoms with Crippen LogP contribution in [0.2, 0.25) is 5.02 Å². The maximum absolute atomic E-state index is 11.9. The molecule has 1 saturated heterocycles. The Morgan fingerprint density at radius 3 is 2.35 bits per heavy atom. The second-order valence-electron chi connectivity index (χ2n) is 5.16. The van der Waals surface area contributed by atoms with Crippen LogP contribution in [0.1, 0.15) is 18.4 Å². The Morgan fingerprint density at radius 1 is 1.20 bits per heavy atom. The lowest BCUT2D eigenvalue weighted by atomic mass is 9.72. The topological polar surface area (TPSA) is 21.3 Å². The number of rotatable bonds is 6. The first kappa shape index (κ1) is 15.6. The molecule has 0 atom stereocenters. The first-order valence-corrected chi connectivity index (χ1v) is 6.90. The Hall–Kier alpha value is -0.780. The molecule has 1 aliphatic heterocycles. The van der Waals surface area contributed by atoms with Crippen LogP contribution in [0.15, 0.2) is 24.3 Å². The van der Waals surface area contributed by atoms with Gasteiger partial charge >= 0.3 is 6.18 Å². The minimum Gasteiger partial charge on any atom is -0.372 e. The standard InChI is InChI=1S/C14H17ClF3NO/c15-12-4-2-11(3-5-12)13(8-19-9-13)6-1-7-20-10-14(16,17)18/h2-5,19H,1,6-10H2. The van der Waals surface area contributed by atoms with Crippen LogP contribution < -0.4 is 5.32 Å². The Bertz CT molecular complexity index is 429. The zero-order valence-corrected chi connectivity index (χ0v) is 11.7. The normalized spacial score (nSPS) is 17.8. The number of hydrogen-bond donors (Lipinski definition) is 1. The average Bonchev–Trinajstić information content (AvgIpc) is 2.32. The average molecular weight is 308 g/mol. The second kappa shape index (κ2) is 6.33. The van der Waals surface area contributed by atoms with Crippen LogP contribution in [0.4, 0.5) is 13.2 Å². The zero-order valence-electron chi connectivity index (χ0n) is 11.0. The van der Waals surface area contributed by atoms with E-state index < -0.39 is 12.8 Å². The van der Waals surface area contributed by atoms with Gasteiger partial charge in [0.15, 0.2) is 0 Å². The molecule has 1 N–H and O–H groups in total. The predicted octanol–water partition coefficient (Wildman–Crippen LogP) is 3.54. The number of benzene rings is 1. The summed E-state index contributed by atoms with van der Waals surface area (Å²) in [6, 6.07) is 7.66. The van der Waals surface area contributed by atoms with E-state index >= 15 is 0 Å². The van der Waals surface area contributed by atoms with Gasteiger partial charge in [-0.05, 0) is 30.5 Å². The summed E-state index contributed by atoms with van der Waals surface area (Å²) >= 11 is 5.87. The van der Waals surface area contributed by atoms with Gasteiger partial charge in [-0.15, -0.1) is 0 Å². The Kier molecular flexibility index (Phi) is 4.94. The summed E-state index contributed by atoms with van der Waals surface area (Å²) in [6.07, 6.45) is -2.83. The third kappa shape index (κ3) is 4.11.